The van der Waals surface area contributed by atoms with Crippen LogP contribution in [-0.4, -0.2) is 43.9 Å². The summed E-state index contributed by atoms with van der Waals surface area (Å²) in [4.78, 5) is 19.4. The van der Waals surface area contributed by atoms with Crippen molar-refractivity contribution in [1.82, 2.24) is 19.7 Å². The fourth-order valence-corrected chi connectivity index (χ4v) is 2.04. The van der Waals surface area contributed by atoms with Crippen LogP contribution in [0.25, 0.3) is 0 Å². The second kappa shape index (κ2) is 6.52. The molecular weight excluding hydrogens is 286 g/mol. The topological polar surface area (TPSA) is 102 Å². The quantitative estimate of drug-likeness (QED) is 0.740. The Bertz CT molecular complexity index is 654. The van der Waals surface area contributed by atoms with E-state index in [-0.39, 0.29) is 12.7 Å². The summed E-state index contributed by atoms with van der Waals surface area (Å²) in [5, 5.41) is 16.0. The van der Waals surface area contributed by atoms with E-state index in [0.717, 1.165) is 19.3 Å². The van der Waals surface area contributed by atoms with Gasteiger partial charge in [0, 0.05) is 12.4 Å². The van der Waals surface area contributed by atoms with E-state index >= 15 is 0 Å². The lowest BCUT2D eigenvalue weighted by Crippen LogP contribution is -2.25. The van der Waals surface area contributed by atoms with E-state index in [9.17, 15) is 4.79 Å². The molecule has 0 unspecified atom stereocenters. The van der Waals surface area contributed by atoms with Crippen molar-refractivity contribution in [1.29, 1.82) is 0 Å². The summed E-state index contributed by atoms with van der Waals surface area (Å²) in [5.41, 5.74) is 1.04. The number of rotatable bonds is 7. The third-order valence-electron chi connectivity index (χ3n) is 3.46. The Balaban J connectivity index is 1.74. The van der Waals surface area contributed by atoms with Crippen molar-refractivity contribution in [3.63, 3.8) is 0 Å². The van der Waals surface area contributed by atoms with Gasteiger partial charge < -0.3 is 15.2 Å². The molecule has 1 saturated carbocycles. The first-order valence-corrected chi connectivity index (χ1v) is 7.17. The number of hydrogen-bond acceptors (Lipinski definition) is 7. The van der Waals surface area contributed by atoms with Gasteiger partial charge in [-0.1, -0.05) is 0 Å². The van der Waals surface area contributed by atoms with E-state index in [2.05, 4.69) is 20.4 Å². The van der Waals surface area contributed by atoms with E-state index in [1.165, 1.54) is 6.20 Å². The second-order valence-corrected chi connectivity index (χ2v) is 5.08. The minimum Gasteiger partial charge on any atom is -0.474 e. The van der Waals surface area contributed by atoms with E-state index < -0.39 is 0 Å². The van der Waals surface area contributed by atoms with E-state index in [4.69, 9.17) is 9.84 Å². The van der Waals surface area contributed by atoms with Crippen LogP contribution in [0.2, 0.25) is 0 Å². The molecule has 0 saturated heterocycles. The Kier molecular flexibility index (Phi) is 4.29. The summed E-state index contributed by atoms with van der Waals surface area (Å²) in [7, 11) is 0. The van der Waals surface area contributed by atoms with Crippen molar-refractivity contribution in [3.8, 4) is 5.88 Å². The SMILES string of the molecule is O=Cc1cnc(Nc2cnn(CCO)c2)nc1OC1CCC1. The van der Waals surface area contributed by atoms with Crippen molar-refractivity contribution in [3.05, 3.63) is 24.2 Å². The zero-order valence-corrected chi connectivity index (χ0v) is 12.0. The van der Waals surface area contributed by atoms with Crippen LogP contribution in [-0.2, 0) is 6.54 Å². The fourth-order valence-electron chi connectivity index (χ4n) is 2.04. The van der Waals surface area contributed by atoms with Gasteiger partial charge >= 0.3 is 0 Å². The highest BCUT2D eigenvalue weighted by atomic mass is 16.5. The summed E-state index contributed by atoms with van der Waals surface area (Å²) >= 11 is 0. The third-order valence-corrected chi connectivity index (χ3v) is 3.46. The number of aromatic nitrogens is 4. The highest BCUT2D eigenvalue weighted by molar-refractivity contribution is 5.78. The molecule has 0 atom stereocenters. The van der Waals surface area contributed by atoms with Crippen LogP contribution in [0.1, 0.15) is 29.6 Å². The molecule has 1 aliphatic carbocycles. The Labute approximate surface area is 127 Å². The molecule has 0 aromatic carbocycles. The number of aldehydes is 1. The summed E-state index contributed by atoms with van der Waals surface area (Å²) in [5.74, 6) is 0.642. The molecule has 2 aromatic rings. The minimum absolute atomic E-state index is 0.0189. The lowest BCUT2D eigenvalue weighted by Gasteiger charge is -2.26. The second-order valence-electron chi connectivity index (χ2n) is 5.08. The maximum Gasteiger partial charge on any atom is 0.230 e. The normalized spacial score (nSPS) is 14.4. The standard InChI is InChI=1S/C14H17N5O3/c20-5-4-19-8-11(7-16-19)17-14-15-6-10(9-21)13(18-14)22-12-2-1-3-12/h6-9,12,20H,1-5H2,(H,15,17,18). The summed E-state index contributed by atoms with van der Waals surface area (Å²) in [6, 6.07) is 0. The lowest BCUT2D eigenvalue weighted by atomic mass is 9.96. The molecule has 116 valence electrons. The van der Waals surface area contributed by atoms with Gasteiger partial charge in [-0.3, -0.25) is 9.48 Å². The molecule has 8 heteroatoms. The van der Waals surface area contributed by atoms with E-state index in [0.29, 0.717) is 35.9 Å². The molecule has 0 aliphatic heterocycles. The first-order valence-electron chi connectivity index (χ1n) is 7.17. The van der Waals surface area contributed by atoms with Gasteiger partial charge in [0.25, 0.3) is 0 Å². The number of aliphatic hydroxyl groups excluding tert-OH is 1. The number of nitrogens with one attached hydrogen (secondary N) is 1. The van der Waals surface area contributed by atoms with Gasteiger partial charge in [0.05, 0.1) is 30.6 Å². The summed E-state index contributed by atoms with van der Waals surface area (Å²) in [6.45, 7) is 0.438. The number of hydrogen-bond donors (Lipinski definition) is 2. The van der Waals surface area contributed by atoms with Gasteiger partial charge in [-0.05, 0) is 19.3 Å². The molecule has 0 spiro atoms. The van der Waals surface area contributed by atoms with Gasteiger partial charge in [0.2, 0.25) is 11.8 Å². The number of aliphatic hydroxyl groups is 1. The van der Waals surface area contributed by atoms with Gasteiger partial charge in [-0.25, -0.2) is 4.98 Å². The fraction of sp³-hybridized carbons (Fsp3) is 0.429. The van der Waals surface area contributed by atoms with Crippen LogP contribution in [0.5, 0.6) is 5.88 Å². The van der Waals surface area contributed by atoms with Gasteiger partial charge in [0.1, 0.15) is 6.10 Å². The predicted octanol–water partition coefficient (Wildman–Crippen LogP) is 1.15. The maximum absolute atomic E-state index is 11.0. The summed E-state index contributed by atoms with van der Waals surface area (Å²) in [6.07, 6.45) is 8.72. The number of ether oxygens (including phenoxy) is 1. The van der Waals surface area contributed by atoms with Crippen molar-refractivity contribution < 1.29 is 14.6 Å². The molecule has 0 amide bonds. The Morgan fingerprint density at radius 3 is 3.00 bits per heavy atom. The highest BCUT2D eigenvalue weighted by Crippen LogP contribution is 2.26. The van der Waals surface area contributed by atoms with Crippen molar-refractivity contribution in [2.75, 3.05) is 11.9 Å². The first kappa shape index (κ1) is 14.5. The Morgan fingerprint density at radius 2 is 2.32 bits per heavy atom. The largest absolute Gasteiger partial charge is 0.474 e. The molecule has 1 aliphatic rings. The number of anilines is 2. The van der Waals surface area contributed by atoms with Gasteiger partial charge in [-0.15, -0.1) is 0 Å². The number of carbonyl (C=O) groups excluding carboxylic acids is 1. The van der Waals surface area contributed by atoms with Gasteiger partial charge in [0.15, 0.2) is 6.29 Å². The Morgan fingerprint density at radius 1 is 1.45 bits per heavy atom. The van der Waals surface area contributed by atoms with Crippen LogP contribution in [0.15, 0.2) is 18.6 Å². The van der Waals surface area contributed by atoms with Crippen molar-refractivity contribution >= 4 is 17.9 Å². The van der Waals surface area contributed by atoms with Crippen LogP contribution in [0.3, 0.4) is 0 Å². The molecule has 0 radical (unpaired) electrons. The average Bonchev–Trinajstić information content (AvgIpc) is 2.91. The average molecular weight is 303 g/mol. The minimum atomic E-state index is 0.0189. The monoisotopic (exact) mass is 303 g/mol. The summed E-state index contributed by atoms with van der Waals surface area (Å²) < 4.78 is 7.32. The van der Waals surface area contributed by atoms with E-state index in [1.807, 2.05) is 0 Å². The smallest absolute Gasteiger partial charge is 0.230 e. The molecule has 2 aromatic heterocycles. The molecule has 0 bridgehead atoms. The molecule has 1 fully saturated rings. The van der Waals surface area contributed by atoms with Crippen molar-refractivity contribution in [2.45, 2.75) is 31.9 Å². The zero-order valence-electron chi connectivity index (χ0n) is 12.0. The maximum atomic E-state index is 11.0. The Hall–Kier alpha value is -2.48. The highest BCUT2D eigenvalue weighted by Gasteiger charge is 2.21. The first-order chi connectivity index (χ1) is 10.8. The molecule has 2 N–H and O–H groups in total. The number of carbonyl (C=O) groups is 1. The zero-order chi connectivity index (χ0) is 15.4. The van der Waals surface area contributed by atoms with E-state index in [1.54, 1.807) is 17.1 Å². The third kappa shape index (κ3) is 3.22. The van der Waals surface area contributed by atoms with Crippen LogP contribution < -0.4 is 10.1 Å². The molecule has 3 rings (SSSR count). The van der Waals surface area contributed by atoms with Crippen LogP contribution >= 0.6 is 0 Å². The van der Waals surface area contributed by atoms with Crippen LogP contribution in [0, 0.1) is 0 Å². The molecule has 8 nitrogen and oxygen atoms in total. The van der Waals surface area contributed by atoms with Crippen molar-refractivity contribution in [2.24, 2.45) is 0 Å². The van der Waals surface area contributed by atoms with Gasteiger partial charge in [-0.2, -0.15) is 10.1 Å². The molecule has 22 heavy (non-hydrogen) atoms. The van der Waals surface area contributed by atoms with Crippen LogP contribution in [0.4, 0.5) is 11.6 Å². The lowest BCUT2D eigenvalue weighted by molar-refractivity contribution is 0.105. The molecule has 2 heterocycles. The number of nitrogens with zero attached hydrogens (tertiary/aromatic N) is 4. The predicted molar refractivity (Wildman–Crippen MR) is 78.3 cm³/mol. The molecular formula is C14H17N5O3.